The second-order valence-electron chi connectivity index (χ2n) is 8.84. The molecular formula is C25H30N4O7S2. The van der Waals surface area contributed by atoms with E-state index in [1.807, 2.05) is 29.2 Å². The van der Waals surface area contributed by atoms with Gasteiger partial charge in [0.15, 0.2) is 19.6 Å². The molecule has 13 heteroatoms. The number of rotatable bonds is 11. The van der Waals surface area contributed by atoms with Crippen LogP contribution >= 0.6 is 11.3 Å². The van der Waals surface area contributed by atoms with Crippen molar-refractivity contribution in [3.63, 3.8) is 0 Å². The summed E-state index contributed by atoms with van der Waals surface area (Å²) in [6, 6.07) is 13.3. The predicted molar refractivity (Wildman–Crippen MR) is 141 cm³/mol. The third-order valence-electron chi connectivity index (χ3n) is 6.58. The van der Waals surface area contributed by atoms with E-state index < -0.39 is 20.5 Å². The number of hydrogen-bond acceptors (Lipinski definition) is 10. The van der Waals surface area contributed by atoms with Gasteiger partial charge < -0.3 is 19.7 Å². The van der Waals surface area contributed by atoms with E-state index in [2.05, 4.69) is 10.3 Å². The molecule has 1 aromatic heterocycles. The van der Waals surface area contributed by atoms with Gasteiger partial charge >= 0.3 is 0 Å². The van der Waals surface area contributed by atoms with Crippen LogP contribution in [-0.2, 0) is 19.4 Å². The van der Waals surface area contributed by atoms with Gasteiger partial charge in [-0.1, -0.05) is 12.1 Å². The van der Waals surface area contributed by atoms with E-state index in [0.29, 0.717) is 37.0 Å². The molecule has 11 nitrogen and oxygen atoms in total. The van der Waals surface area contributed by atoms with E-state index in [0.717, 1.165) is 10.2 Å². The number of thiazole rings is 1. The van der Waals surface area contributed by atoms with Gasteiger partial charge in [0.25, 0.3) is 11.8 Å². The summed E-state index contributed by atoms with van der Waals surface area (Å²) < 4.78 is 37.0. The van der Waals surface area contributed by atoms with Crippen LogP contribution in [0.4, 0.5) is 0 Å². The Morgan fingerprint density at radius 2 is 1.82 bits per heavy atom. The predicted octanol–water partition coefficient (Wildman–Crippen LogP) is 1.87. The first-order valence-corrected chi connectivity index (χ1v) is 14.4. The molecular weight excluding hydrogens is 532 g/mol. The number of nitrogens with one attached hydrogen (secondary N) is 2. The number of carbonyl (C=O) groups is 2. The summed E-state index contributed by atoms with van der Waals surface area (Å²) in [5, 5.41) is 12.5. The molecule has 38 heavy (non-hydrogen) atoms. The number of fused-ring (bicyclic) bond motifs is 1. The summed E-state index contributed by atoms with van der Waals surface area (Å²) in [4.78, 5) is 31.3. The number of para-hydroxylation sites is 1. The van der Waals surface area contributed by atoms with Gasteiger partial charge in [0, 0.05) is 26.7 Å². The van der Waals surface area contributed by atoms with Gasteiger partial charge in [-0.2, -0.15) is 0 Å². The third-order valence-corrected chi connectivity index (χ3v) is 10.1. The number of hydrogen-bond donors (Lipinski definition) is 3. The number of amides is 2. The number of hydroxylamine groups is 1. The Labute approximate surface area is 224 Å². The van der Waals surface area contributed by atoms with Gasteiger partial charge in [-0.25, -0.2) is 18.9 Å². The third kappa shape index (κ3) is 5.81. The average molecular weight is 563 g/mol. The number of piperidine rings is 1. The van der Waals surface area contributed by atoms with Crippen molar-refractivity contribution in [2.75, 3.05) is 46.5 Å². The fourth-order valence-corrected chi connectivity index (χ4v) is 7.23. The summed E-state index contributed by atoms with van der Waals surface area (Å²) in [5.74, 6) is -0.821. The lowest BCUT2D eigenvalue weighted by molar-refractivity contribution is -0.133. The summed E-state index contributed by atoms with van der Waals surface area (Å²) in [5.41, 5.74) is 2.33. The lowest BCUT2D eigenvalue weighted by Gasteiger charge is -2.39. The highest BCUT2D eigenvalue weighted by molar-refractivity contribution is 7.93. The molecule has 1 aliphatic heterocycles. The van der Waals surface area contributed by atoms with Crippen LogP contribution in [0.15, 0.2) is 53.4 Å². The number of likely N-dealkylation sites (tertiary alicyclic amines) is 1. The lowest BCUT2D eigenvalue weighted by Crippen LogP contribution is -2.57. The number of aromatic nitrogens is 1. The highest BCUT2D eigenvalue weighted by Crippen LogP contribution is 2.36. The Bertz CT molecular complexity index is 1330. The minimum absolute atomic E-state index is 0.0390. The zero-order valence-corrected chi connectivity index (χ0v) is 22.5. The SMILES string of the molecule is COCCN1CCC(C(=O)NO)(S(=O)(=O)c2ccc(OCCNC(=O)c3nc4ccccc4s3)cc2)CC1. The fraction of sp³-hybridized carbons (Fsp3) is 0.400. The number of ether oxygens (including phenoxy) is 2. The first-order chi connectivity index (χ1) is 18.3. The average Bonchev–Trinajstić information content (AvgIpc) is 3.39. The molecule has 204 valence electrons. The van der Waals surface area contributed by atoms with Gasteiger partial charge in [0.2, 0.25) is 0 Å². The minimum Gasteiger partial charge on any atom is -0.492 e. The molecule has 0 saturated carbocycles. The zero-order valence-electron chi connectivity index (χ0n) is 20.9. The highest BCUT2D eigenvalue weighted by Gasteiger charge is 2.52. The second kappa shape index (κ2) is 12.2. The Hall–Kier alpha value is -3.10. The van der Waals surface area contributed by atoms with Crippen LogP contribution in [0.1, 0.15) is 22.6 Å². The topological polar surface area (TPSA) is 147 Å². The van der Waals surface area contributed by atoms with Crippen LogP contribution in [0.2, 0.25) is 0 Å². The van der Waals surface area contributed by atoms with E-state index in [1.165, 1.54) is 35.6 Å². The highest BCUT2D eigenvalue weighted by atomic mass is 32.2. The summed E-state index contributed by atoms with van der Waals surface area (Å²) in [6.07, 6.45) is 0.0795. The van der Waals surface area contributed by atoms with Crippen LogP contribution in [0.5, 0.6) is 5.75 Å². The van der Waals surface area contributed by atoms with Crippen molar-refractivity contribution in [3.05, 3.63) is 53.5 Å². The Morgan fingerprint density at radius 3 is 2.47 bits per heavy atom. The molecule has 0 bridgehead atoms. The van der Waals surface area contributed by atoms with Crippen LogP contribution in [-0.4, -0.2) is 86.6 Å². The Balaban J connectivity index is 1.35. The largest absolute Gasteiger partial charge is 0.492 e. The van der Waals surface area contributed by atoms with Crippen molar-refractivity contribution in [2.24, 2.45) is 0 Å². The fourth-order valence-electron chi connectivity index (χ4n) is 4.40. The maximum atomic E-state index is 13.6. The molecule has 2 aromatic carbocycles. The maximum Gasteiger partial charge on any atom is 0.280 e. The zero-order chi connectivity index (χ0) is 27.2. The number of sulfone groups is 1. The van der Waals surface area contributed by atoms with Crippen molar-refractivity contribution >= 4 is 43.2 Å². The quantitative estimate of drug-likeness (QED) is 0.181. The van der Waals surface area contributed by atoms with Gasteiger partial charge in [0.1, 0.15) is 12.4 Å². The molecule has 4 rings (SSSR count). The van der Waals surface area contributed by atoms with Gasteiger partial charge in [-0.05, 0) is 49.2 Å². The normalized spacial score (nSPS) is 15.7. The van der Waals surface area contributed by atoms with Gasteiger partial charge in [0.05, 0.1) is 28.3 Å². The minimum atomic E-state index is -4.12. The van der Waals surface area contributed by atoms with Crippen molar-refractivity contribution in [1.29, 1.82) is 0 Å². The van der Waals surface area contributed by atoms with Crippen LogP contribution in [0.3, 0.4) is 0 Å². The molecule has 0 unspecified atom stereocenters. The van der Waals surface area contributed by atoms with Crippen LogP contribution < -0.4 is 15.5 Å². The summed E-state index contributed by atoms with van der Waals surface area (Å²) in [7, 11) is -2.53. The molecule has 0 aliphatic carbocycles. The molecule has 2 amide bonds. The second-order valence-corrected chi connectivity index (χ2v) is 12.1. The summed E-state index contributed by atoms with van der Waals surface area (Å²) >= 11 is 1.31. The van der Waals surface area contributed by atoms with E-state index in [4.69, 9.17) is 9.47 Å². The molecule has 3 N–H and O–H groups in total. The van der Waals surface area contributed by atoms with Crippen molar-refractivity contribution in [3.8, 4) is 5.75 Å². The van der Waals surface area contributed by atoms with Crippen molar-refractivity contribution in [1.82, 2.24) is 20.7 Å². The smallest absolute Gasteiger partial charge is 0.280 e. The van der Waals surface area contributed by atoms with E-state index in [1.54, 1.807) is 12.6 Å². The number of benzene rings is 2. The summed E-state index contributed by atoms with van der Waals surface area (Å²) in [6.45, 7) is 2.27. The number of nitrogens with zero attached hydrogens (tertiary/aromatic N) is 2. The van der Waals surface area contributed by atoms with Crippen molar-refractivity contribution in [2.45, 2.75) is 22.5 Å². The maximum absolute atomic E-state index is 13.6. The Kier molecular flexibility index (Phi) is 8.95. The van der Waals surface area contributed by atoms with Gasteiger partial charge in [-0.15, -0.1) is 11.3 Å². The molecule has 0 atom stereocenters. The van der Waals surface area contributed by atoms with Crippen molar-refractivity contribution < 1.29 is 32.7 Å². The molecule has 2 heterocycles. The van der Waals surface area contributed by atoms with E-state index in [-0.39, 0.29) is 36.8 Å². The molecule has 1 fully saturated rings. The van der Waals surface area contributed by atoms with E-state index in [9.17, 15) is 23.2 Å². The van der Waals surface area contributed by atoms with Crippen LogP contribution in [0.25, 0.3) is 10.2 Å². The van der Waals surface area contributed by atoms with E-state index >= 15 is 0 Å². The first kappa shape index (κ1) is 27.9. The Morgan fingerprint density at radius 1 is 1.11 bits per heavy atom. The van der Waals surface area contributed by atoms with Gasteiger partial charge in [-0.3, -0.25) is 14.8 Å². The number of methoxy groups -OCH3 is 1. The molecule has 0 spiro atoms. The standard InChI is InChI=1S/C25H30N4O7S2/c1-35-17-15-29-13-10-25(11-14-29,24(31)28-32)38(33,34)19-8-6-18(7-9-19)36-16-12-26-22(30)23-27-20-4-2-3-5-21(20)37-23/h2-9,32H,10-17H2,1H3,(H,26,30)(H,28,31). The molecule has 1 saturated heterocycles. The number of carbonyl (C=O) groups excluding carboxylic acids is 2. The molecule has 0 radical (unpaired) electrons. The van der Waals surface area contributed by atoms with Crippen LogP contribution in [0, 0.1) is 0 Å². The monoisotopic (exact) mass is 562 g/mol. The lowest BCUT2D eigenvalue weighted by atomic mass is 9.95. The first-order valence-electron chi connectivity index (χ1n) is 12.1. The molecule has 3 aromatic rings. The molecule has 1 aliphatic rings.